The summed E-state index contributed by atoms with van der Waals surface area (Å²) in [6, 6.07) is 15.9. The van der Waals surface area contributed by atoms with Crippen LogP contribution >= 0.6 is 0 Å². The molecule has 2 aromatic carbocycles. The molecule has 0 radical (unpaired) electrons. The molecule has 7 nitrogen and oxygen atoms in total. The van der Waals surface area contributed by atoms with Gasteiger partial charge in [-0.05, 0) is 59.7 Å². The minimum Gasteiger partial charge on any atom is -0.292 e. The van der Waals surface area contributed by atoms with Gasteiger partial charge in [0, 0.05) is 17.3 Å². The van der Waals surface area contributed by atoms with E-state index in [0.29, 0.717) is 30.4 Å². The molecule has 8 heteroatoms. The molecule has 0 aliphatic carbocycles. The maximum atomic E-state index is 14.1. The van der Waals surface area contributed by atoms with E-state index < -0.39 is 6.67 Å². The Morgan fingerprint density at radius 3 is 2.26 bits per heavy atom. The van der Waals surface area contributed by atoms with Crippen LogP contribution in [0.5, 0.6) is 0 Å². The number of alkyl halides is 1. The van der Waals surface area contributed by atoms with Crippen molar-refractivity contribution in [3.63, 3.8) is 0 Å². The first-order valence-corrected chi connectivity index (χ1v) is 11.7. The fourth-order valence-electron chi connectivity index (χ4n) is 4.38. The summed E-state index contributed by atoms with van der Waals surface area (Å²) in [6.45, 7) is 7.90. The van der Waals surface area contributed by atoms with Crippen LogP contribution in [0.25, 0.3) is 22.5 Å². The van der Waals surface area contributed by atoms with Crippen LogP contribution in [0.1, 0.15) is 57.1 Å². The molecule has 0 aliphatic rings. The maximum absolute atomic E-state index is 14.1. The van der Waals surface area contributed by atoms with Gasteiger partial charge >= 0.3 is 5.69 Å². The molecular formula is C26H31FN6O. The Kier molecular flexibility index (Phi) is 7.05. The number of aromatic nitrogens is 6. The number of nitrogens with zero attached hydrogens (tertiary/aromatic N) is 5. The molecule has 0 spiro atoms. The molecule has 178 valence electrons. The SMILES string of the molecule is CC(C)CCc1c(CF)n(C(C)C)c(=O)n1Cc1ccc(-c2ccccc2-c2nnn[nH]2)cc1. The highest BCUT2D eigenvalue weighted by molar-refractivity contribution is 5.80. The molecule has 0 atom stereocenters. The zero-order chi connectivity index (χ0) is 24.2. The molecule has 0 unspecified atom stereocenters. The van der Waals surface area contributed by atoms with Gasteiger partial charge in [0.1, 0.15) is 6.67 Å². The van der Waals surface area contributed by atoms with Gasteiger partial charge in [0.25, 0.3) is 0 Å². The number of rotatable bonds is 9. The zero-order valence-corrected chi connectivity index (χ0v) is 20.1. The lowest BCUT2D eigenvalue weighted by Crippen LogP contribution is -2.27. The minimum atomic E-state index is -0.639. The number of hydrogen-bond acceptors (Lipinski definition) is 4. The van der Waals surface area contributed by atoms with Crippen LogP contribution in [-0.4, -0.2) is 29.8 Å². The van der Waals surface area contributed by atoms with Gasteiger partial charge in [0.05, 0.1) is 12.2 Å². The molecule has 2 heterocycles. The van der Waals surface area contributed by atoms with Crippen LogP contribution in [0.3, 0.4) is 0 Å². The van der Waals surface area contributed by atoms with Gasteiger partial charge in [-0.3, -0.25) is 9.13 Å². The second kappa shape index (κ2) is 10.2. The molecule has 0 bridgehead atoms. The van der Waals surface area contributed by atoms with Crippen molar-refractivity contribution in [1.82, 2.24) is 29.8 Å². The molecule has 0 amide bonds. The normalized spacial score (nSPS) is 11.6. The average Bonchev–Trinajstić information content (AvgIpc) is 3.45. The Hall–Kier alpha value is -3.55. The largest absolute Gasteiger partial charge is 0.329 e. The van der Waals surface area contributed by atoms with Gasteiger partial charge in [0.2, 0.25) is 0 Å². The summed E-state index contributed by atoms with van der Waals surface area (Å²) in [5.74, 6) is 1.08. The fourth-order valence-corrected chi connectivity index (χ4v) is 4.38. The van der Waals surface area contributed by atoms with E-state index in [1.807, 2.05) is 62.4 Å². The predicted molar refractivity (Wildman–Crippen MR) is 131 cm³/mol. The van der Waals surface area contributed by atoms with Crippen molar-refractivity contribution in [3.05, 3.63) is 76.0 Å². The summed E-state index contributed by atoms with van der Waals surface area (Å²) < 4.78 is 17.4. The lowest BCUT2D eigenvalue weighted by molar-refractivity contribution is 0.435. The van der Waals surface area contributed by atoms with Gasteiger partial charge in [-0.2, -0.15) is 0 Å². The van der Waals surface area contributed by atoms with Crippen LogP contribution in [-0.2, 0) is 19.6 Å². The first-order chi connectivity index (χ1) is 16.4. The molecule has 4 rings (SSSR count). The topological polar surface area (TPSA) is 81.4 Å². The van der Waals surface area contributed by atoms with Crippen molar-refractivity contribution >= 4 is 0 Å². The van der Waals surface area contributed by atoms with E-state index in [-0.39, 0.29) is 11.7 Å². The van der Waals surface area contributed by atoms with E-state index in [9.17, 15) is 9.18 Å². The molecule has 0 saturated heterocycles. The first kappa shape index (κ1) is 23.6. The van der Waals surface area contributed by atoms with Gasteiger partial charge in [-0.25, -0.2) is 14.3 Å². The van der Waals surface area contributed by atoms with E-state index in [1.54, 1.807) is 9.13 Å². The summed E-state index contributed by atoms with van der Waals surface area (Å²) in [5.41, 5.74) is 5.10. The van der Waals surface area contributed by atoms with E-state index in [1.165, 1.54) is 0 Å². The average molecular weight is 463 g/mol. The summed E-state index contributed by atoms with van der Waals surface area (Å²) in [5, 5.41) is 14.2. The van der Waals surface area contributed by atoms with Crippen molar-refractivity contribution in [3.8, 4) is 22.5 Å². The van der Waals surface area contributed by atoms with Crippen LogP contribution in [0, 0.1) is 5.92 Å². The van der Waals surface area contributed by atoms with E-state index in [4.69, 9.17) is 0 Å². The van der Waals surface area contributed by atoms with Crippen molar-refractivity contribution in [1.29, 1.82) is 0 Å². The van der Waals surface area contributed by atoms with Gasteiger partial charge in [0.15, 0.2) is 5.82 Å². The van der Waals surface area contributed by atoms with Gasteiger partial charge in [-0.15, -0.1) is 5.10 Å². The zero-order valence-electron chi connectivity index (χ0n) is 20.1. The Morgan fingerprint density at radius 1 is 0.971 bits per heavy atom. The number of nitrogens with one attached hydrogen (secondary N) is 1. The molecule has 0 aliphatic heterocycles. The van der Waals surface area contributed by atoms with Crippen molar-refractivity contribution in [2.24, 2.45) is 5.92 Å². The quantitative estimate of drug-likeness (QED) is 0.371. The Morgan fingerprint density at radius 2 is 1.68 bits per heavy atom. The van der Waals surface area contributed by atoms with Crippen LogP contribution in [0.4, 0.5) is 4.39 Å². The molecule has 34 heavy (non-hydrogen) atoms. The van der Waals surface area contributed by atoms with Crippen molar-refractivity contribution in [2.75, 3.05) is 0 Å². The van der Waals surface area contributed by atoms with Crippen LogP contribution < -0.4 is 5.69 Å². The molecule has 0 fully saturated rings. The number of imidazole rings is 1. The third-order valence-electron chi connectivity index (χ3n) is 6.12. The van der Waals surface area contributed by atoms with E-state index >= 15 is 0 Å². The maximum Gasteiger partial charge on any atom is 0.329 e. The number of H-pyrrole nitrogens is 1. The Balaban J connectivity index is 1.68. The molecular weight excluding hydrogens is 431 g/mol. The second-order valence-electron chi connectivity index (χ2n) is 9.28. The summed E-state index contributed by atoms with van der Waals surface area (Å²) in [6.07, 6.45) is 1.59. The summed E-state index contributed by atoms with van der Waals surface area (Å²) >= 11 is 0. The van der Waals surface area contributed by atoms with Crippen molar-refractivity contribution < 1.29 is 4.39 Å². The summed E-state index contributed by atoms with van der Waals surface area (Å²) in [7, 11) is 0. The third-order valence-corrected chi connectivity index (χ3v) is 6.12. The van der Waals surface area contributed by atoms with Crippen LogP contribution in [0.15, 0.2) is 53.3 Å². The molecule has 0 saturated carbocycles. The van der Waals surface area contributed by atoms with E-state index in [2.05, 4.69) is 34.5 Å². The monoisotopic (exact) mass is 462 g/mol. The Bertz CT molecular complexity index is 1290. The van der Waals surface area contributed by atoms with Gasteiger partial charge < -0.3 is 0 Å². The smallest absolute Gasteiger partial charge is 0.292 e. The first-order valence-electron chi connectivity index (χ1n) is 11.7. The lowest BCUT2D eigenvalue weighted by Gasteiger charge is -2.12. The van der Waals surface area contributed by atoms with Crippen molar-refractivity contribution in [2.45, 2.75) is 59.8 Å². The number of hydrogen-bond donors (Lipinski definition) is 1. The molecule has 2 aromatic heterocycles. The van der Waals surface area contributed by atoms with Crippen LogP contribution in [0.2, 0.25) is 0 Å². The second-order valence-corrected chi connectivity index (χ2v) is 9.28. The number of aromatic amines is 1. The molecule has 1 N–H and O–H groups in total. The number of tetrazole rings is 1. The highest BCUT2D eigenvalue weighted by Gasteiger charge is 2.21. The highest BCUT2D eigenvalue weighted by atomic mass is 19.1. The molecule has 4 aromatic rings. The van der Waals surface area contributed by atoms with E-state index in [0.717, 1.165) is 34.4 Å². The number of benzene rings is 2. The van der Waals surface area contributed by atoms with Gasteiger partial charge in [-0.1, -0.05) is 62.4 Å². The lowest BCUT2D eigenvalue weighted by atomic mass is 9.98. The summed E-state index contributed by atoms with van der Waals surface area (Å²) in [4.78, 5) is 13.3. The predicted octanol–water partition coefficient (Wildman–Crippen LogP) is 5.18. The third kappa shape index (κ3) is 4.71. The Labute approximate surface area is 198 Å². The highest BCUT2D eigenvalue weighted by Crippen LogP contribution is 2.30. The minimum absolute atomic E-state index is 0.0956. The standard InChI is InChI=1S/C26H31FN6O/c1-17(2)9-14-23-24(15-27)33(18(3)4)26(34)32(23)16-19-10-12-20(13-11-19)21-7-5-6-8-22(21)25-28-30-31-29-25/h5-8,10-13,17-18H,9,14-16H2,1-4H3,(H,28,29,30,31). The fraction of sp³-hybridized carbons (Fsp3) is 0.385. The number of halogens is 1.